The lowest BCUT2D eigenvalue weighted by atomic mass is 10.1. The van der Waals surface area contributed by atoms with Gasteiger partial charge in [0.1, 0.15) is 5.82 Å². The maximum absolute atomic E-state index is 13.3. The Morgan fingerprint density at radius 3 is 2.68 bits per heavy atom. The molecule has 0 bridgehead atoms. The van der Waals surface area contributed by atoms with E-state index in [9.17, 15) is 14.3 Å². The van der Waals surface area contributed by atoms with Crippen LogP contribution >= 0.6 is 11.6 Å². The zero-order valence-electron chi connectivity index (χ0n) is 11.6. The Morgan fingerprint density at radius 2 is 2.00 bits per heavy atom. The Labute approximate surface area is 132 Å². The van der Waals surface area contributed by atoms with Gasteiger partial charge in [-0.15, -0.1) is 0 Å². The van der Waals surface area contributed by atoms with E-state index in [4.69, 9.17) is 11.6 Å². The minimum atomic E-state index is -1.02. The van der Waals surface area contributed by atoms with E-state index in [1.807, 2.05) is 0 Å². The molecule has 0 radical (unpaired) electrons. The number of hydrogen-bond donors (Lipinski definition) is 3. The Kier molecular flexibility index (Phi) is 5.68. The quantitative estimate of drug-likeness (QED) is 0.791. The van der Waals surface area contributed by atoms with Gasteiger partial charge in [0.25, 0.3) is 0 Å². The van der Waals surface area contributed by atoms with Gasteiger partial charge >= 0.3 is 6.03 Å². The molecule has 116 valence electrons. The summed E-state index contributed by atoms with van der Waals surface area (Å²) in [6, 6.07) is 7.15. The molecule has 0 aliphatic rings. The molecule has 0 saturated carbocycles. The van der Waals surface area contributed by atoms with E-state index in [1.54, 1.807) is 24.5 Å². The number of aliphatic hydroxyl groups excluding tert-OH is 1. The number of aliphatic hydroxyl groups is 1. The first-order valence-corrected chi connectivity index (χ1v) is 6.97. The molecule has 0 spiro atoms. The zero-order valence-corrected chi connectivity index (χ0v) is 12.3. The monoisotopic (exact) mass is 323 g/mol. The number of amides is 2. The molecule has 2 rings (SSSR count). The first-order valence-electron chi connectivity index (χ1n) is 6.60. The average molecular weight is 324 g/mol. The predicted octanol–water partition coefficient (Wildman–Crippen LogP) is 2.41. The summed E-state index contributed by atoms with van der Waals surface area (Å²) in [5.41, 5.74) is 1.25. The Balaban J connectivity index is 1.79. The van der Waals surface area contributed by atoms with Gasteiger partial charge in [0.2, 0.25) is 0 Å². The molecule has 0 aliphatic heterocycles. The lowest BCUT2D eigenvalue weighted by molar-refractivity contribution is 0.172. The fourth-order valence-corrected chi connectivity index (χ4v) is 1.89. The summed E-state index contributed by atoms with van der Waals surface area (Å²) in [6.45, 7) is 0.309. The number of carbonyl (C=O) groups is 1. The summed E-state index contributed by atoms with van der Waals surface area (Å²) in [5, 5.41) is 15.1. The maximum atomic E-state index is 13.3. The van der Waals surface area contributed by atoms with Crippen molar-refractivity contribution < 1.29 is 14.3 Å². The van der Waals surface area contributed by atoms with Gasteiger partial charge in [-0.2, -0.15) is 0 Å². The molecule has 0 aliphatic carbocycles. The number of nitrogens with zero attached hydrogens (tertiary/aromatic N) is 1. The Hall–Kier alpha value is -2.18. The van der Waals surface area contributed by atoms with Gasteiger partial charge in [-0.3, -0.25) is 4.98 Å². The molecule has 2 amide bonds. The minimum absolute atomic E-state index is 0.0148. The van der Waals surface area contributed by atoms with Crippen molar-refractivity contribution in [1.82, 2.24) is 15.6 Å². The number of halogens is 2. The highest BCUT2D eigenvalue weighted by molar-refractivity contribution is 6.30. The van der Waals surface area contributed by atoms with Crippen LogP contribution in [-0.4, -0.2) is 22.7 Å². The van der Waals surface area contributed by atoms with Crippen LogP contribution in [-0.2, 0) is 6.54 Å². The molecular formula is C15H15ClFN3O2. The van der Waals surface area contributed by atoms with E-state index < -0.39 is 18.0 Å². The van der Waals surface area contributed by atoms with Crippen LogP contribution < -0.4 is 10.6 Å². The third-order valence-corrected chi connectivity index (χ3v) is 3.29. The first kappa shape index (κ1) is 16.2. The topological polar surface area (TPSA) is 74.2 Å². The standard InChI is InChI=1S/C15H15ClFN3O2/c16-12-2-1-11(7-13(12)17)14(21)9-20-15(22)19-8-10-3-5-18-6-4-10/h1-7,14,21H,8-9H2,(H2,19,20,22)/t14-/m1/s1. The summed E-state index contributed by atoms with van der Waals surface area (Å²) < 4.78 is 13.3. The maximum Gasteiger partial charge on any atom is 0.315 e. The molecule has 0 unspecified atom stereocenters. The number of benzene rings is 1. The minimum Gasteiger partial charge on any atom is -0.387 e. The van der Waals surface area contributed by atoms with Crippen LogP contribution in [0.2, 0.25) is 5.02 Å². The number of aromatic nitrogens is 1. The molecule has 22 heavy (non-hydrogen) atoms. The zero-order chi connectivity index (χ0) is 15.9. The van der Waals surface area contributed by atoms with Crippen molar-refractivity contribution in [2.75, 3.05) is 6.54 Å². The second-order valence-corrected chi connectivity index (χ2v) is 5.02. The molecule has 1 heterocycles. The fraction of sp³-hybridized carbons (Fsp3) is 0.200. The van der Waals surface area contributed by atoms with Gasteiger partial charge in [-0.05, 0) is 35.4 Å². The summed E-state index contributed by atoms with van der Waals surface area (Å²) in [7, 11) is 0. The lowest BCUT2D eigenvalue weighted by Gasteiger charge is -2.13. The average Bonchev–Trinajstić information content (AvgIpc) is 2.54. The molecule has 1 atom stereocenters. The van der Waals surface area contributed by atoms with Crippen molar-refractivity contribution in [3.63, 3.8) is 0 Å². The van der Waals surface area contributed by atoms with Crippen molar-refractivity contribution in [2.24, 2.45) is 0 Å². The SMILES string of the molecule is O=C(NCc1ccncc1)NC[C@@H](O)c1ccc(Cl)c(F)c1. The van der Waals surface area contributed by atoms with Crippen molar-refractivity contribution in [2.45, 2.75) is 12.6 Å². The molecule has 5 nitrogen and oxygen atoms in total. The predicted molar refractivity (Wildman–Crippen MR) is 80.8 cm³/mol. The number of urea groups is 1. The summed E-state index contributed by atoms with van der Waals surface area (Å²) in [4.78, 5) is 15.5. The summed E-state index contributed by atoms with van der Waals surface area (Å²) >= 11 is 5.57. The van der Waals surface area contributed by atoms with Crippen molar-refractivity contribution in [1.29, 1.82) is 0 Å². The molecule has 1 aromatic carbocycles. The Morgan fingerprint density at radius 1 is 1.27 bits per heavy atom. The van der Waals surface area contributed by atoms with Gasteiger partial charge < -0.3 is 15.7 Å². The van der Waals surface area contributed by atoms with Crippen LogP contribution in [0.3, 0.4) is 0 Å². The van der Waals surface area contributed by atoms with E-state index in [-0.39, 0.29) is 11.6 Å². The molecule has 3 N–H and O–H groups in total. The van der Waals surface area contributed by atoms with Crippen molar-refractivity contribution in [3.05, 3.63) is 64.7 Å². The Bertz CT molecular complexity index is 640. The summed E-state index contributed by atoms with van der Waals surface area (Å²) in [5.74, 6) is -0.611. The highest BCUT2D eigenvalue weighted by atomic mass is 35.5. The number of nitrogens with one attached hydrogen (secondary N) is 2. The second-order valence-electron chi connectivity index (χ2n) is 4.61. The molecule has 7 heteroatoms. The van der Waals surface area contributed by atoms with Gasteiger partial charge in [-0.25, -0.2) is 9.18 Å². The number of rotatable bonds is 5. The fourth-order valence-electron chi connectivity index (χ4n) is 1.77. The van der Waals surface area contributed by atoms with E-state index in [2.05, 4.69) is 15.6 Å². The lowest BCUT2D eigenvalue weighted by Crippen LogP contribution is -2.37. The largest absolute Gasteiger partial charge is 0.387 e. The molecule has 0 fully saturated rings. The third kappa shape index (κ3) is 4.68. The molecule has 1 aromatic heterocycles. The van der Waals surface area contributed by atoms with Gasteiger partial charge in [0, 0.05) is 25.5 Å². The van der Waals surface area contributed by atoms with E-state index in [1.165, 1.54) is 12.1 Å². The second kappa shape index (κ2) is 7.72. The number of pyridine rings is 1. The van der Waals surface area contributed by atoms with Crippen LogP contribution in [0.15, 0.2) is 42.7 Å². The van der Waals surface area contributed by atoms with Crippen LogP contribution in [0.1, 0.15) is 17.2 Å². The van der Waals surface area contributed by atoms with Gasteiger partial charge in [0.05, 0.1) is 11.1 Å². The summed E-state index contributed by atoms with van der Waals surface area (Å²) in [6.07, 6.45) is 2.25. The van der Waals surface area contributed by atoms with Crippen LogP contribution in [0.5, 0.6) is 0 Å². The molecular weight excluding hydrogens is 309 g/mol. The first-order chi connectivity index (χ1) is 10.6. The number of carbonyl (C=O) groups excluding carboxylic acids is 1. The third-order valence-electron chi connectivity index (χ3n) is 2.99. The van der Waals surface area contributed by atoms with Crippen LogP contribution in [0, 0.1) is 5.82 Å². The van der Waals surface area contributed by atoms with E-state index >= 15 is 0 Å². The van der Waals surface area contributed by atoms with Crippen LogP contribution in [0.4, 0.5) is 9.18 Å². The molecule has 0 saturated heterocycles. The molecule has 2 aromatic rings. The number of hydrogen-bond acceptors (Lipinski definition) is 3. The van der Waals surface area contributed by atoms with Crippen LogP contribution in [0.25, 0.3) is 0 Å². The highest BCUT2D eigenvalue weighted by Gasteiger charge is 2.11. The highest BCUT2D eigenvalue weighted by Crippen LogP contribution is 2.19. The normalized spacial score (nSPS) is 11.8. The van der Waals surface area contributed by atoms with E-state index in [0.29, 0.717) is 12.1 Å². The van der Waals surface area contributed by atoms with Gasteiger partial charge in [0.15, 0.2) is 0 Å². The van der Waals surface area contributed by atoms with Crippen molar-refractivity contribution >= 4 is 17.6 Å². The van der Waals surface area contributed by atoms with E-state index in [0.717, 1.165) is 11.6 Å². The van der Waals surface area contributed by atoms with Crippen molar-refractivity contribution in [3.8, 4) is 0 Å². The van der Waals surface area contributed by atoms with Gasteiger partial charge in [-0.1, -0.05) is 17.7 Å². The smallest absolute Gasteiger partial charge is 0.315 e.